The lowest BCUT2D eigenvalue weighted by atomic mass is 9.70. The minimum Gasteiger partial charge on any atom is -0.481 e. The third kappa shape index (κ3) is 3.39. The number of carboxylic acid groups (broad SMARTS) is 1. The smallest absolute Gasteiger partial charge is 0.312 e. The summed E-state index contributed by atoms with van der Waals surface area (Å²) in [6.07, 6.45) is 0.205. The van der Waals surface area contributed by atoms with Crippen LogP contribution in [0.5, 0.6) is 0 Å². The van der Waals surface area contributed by atoms with E-state index in [0.717, 1.165) is 0 Å². The summed E-state index contributed by atoms with van der Waals surface area (Å²) in [5, 5.41) is 19.1. The van der Waals surface area contributed by atoms with Crippen LogP contribution in [0.1, 0.15) is 33.6 Å². The summed E-state index contributed by atoms with van der Waals surface area (Å²) in [4.78, 5) is 11.3. The summed E-state index contributed by atoms with van der Waals surface area (Å²) in [6.45, 7) is 4.83. The highest BCUT2D eigenvalue weighted by Gasteiger charge is 2.51. The van der Waals surface area contributed by atoms with Crippen molar-refractivity contribution in [2.75, 3.05) is 26.8 Å². The Morgan fingerprint density at radius 1 is 1.38 bits per heavy atom. The maximum Gasteiger partial charge on any atom is 0.312 e. The maximum absolute atomic E-state index is 12.3. The van der Waals surface area contributed by atoms with Crippen molar-refractivity contribution in [3.05, 3.63) is 0 Å². The van der Waals surface area contributed by atoms with Gasteiger partial charge < -0.3 is 14.9 Å². The highest BCUT2D eigenvalue weighted by Crippen LogP contribution is 2.40. The van der Waals surface area contributed by atoms with Crippen molar-refractivity contribution < 1.29 is 28.2 Å². The minimum absolute atomic E-state index is 0.101. The fourth-order valence-electron chi connectivity index (χ4n) is 2.51. The second kappa shape index (κ2) is 6.20. The molecule has 1 saturated heterocycles. The van der Waals surface area contributed by atoms with Gasteiger partial charge in [-0.3, -0.25) is 4.79 Å². The van der Waals surface area contributed by atoms with Crippen LogP contribution in [0.3, 0.4) is 0 Å². The van der Waals surface area contributed by atoms with Crippen LogP contribution in [-0.2, 0) is 19.6 Å². The molecule has 8 heteroatoms. The number of piperidine rings is 1. The number of hydrogen-bond acceptors (Lipinski definition) is 5. The van der Waals surface area contributed by atoms with Gasteiger partial charge in [0, 0.05) is 20.2 Å². The lowest BCUT2D eigenvalue weighted by molar-refractivity contribution is -0.169. The van der Waals surface area contributed by atoms with Gasteiger partial charge in [-0.25, -0.2) is 12.7 Å². The molecule has 0 aromatic rings. The normalized spacial score (nSPS) is 22.0. The van der Waals surface area contributed by atoms with Crippen molar-refractivity contribution in [3.8, 4) is 0 Å². The van der Waals surface area contributed by atoms with E-state index in [-0.39, 0.29) is 32.5 Å². The van der Waals surface area contributed by atoms with Crippen molar-refractivity contribution in [3.63, 3.8) is 0 Å². The van der Waals surface area contributed by atoms with Crippen molar-refractivity contribution >= 4 is 16.0 Å². The van der Waals surface area contributed by atoms with Gasteiger partial charge in [0.05, 0.1) is 22.9 Å². The molecule has 7 nitrogen and oxygen atoms in total. The van der Waals surface area contributed by atoms with Gasteiger partial charge in [-0.05, 0) is 33.6 Å². The molecule has 2 N–H and O–H groups in total. The lowest BCUT2D eigenvalue weighted by Crippen LogP contribution is -2.57. The van der Waals surface area contributed by atoms with Gasteiger partial charge in [0.25, 0.3) is 0 Å². The van der Waals surface area contributed by atoms with Crippen LogP contribution in [0.25, 0.3) is 0 Å². The van der Waals surface area contributed by atoms with Crippen molar-refractivity contribution in [2.24, 2.45) is 5.41 Å². The summed E-state index contributed by atoms with van der Waals surface area (Å²) >= 11 is 0. The highest BCUT2D eigenvalue weighted by atomic mass is 32.2. The Bertz CT molecular complexity index is 479. The van der Waals surface area contributed by atoms with E-state index >= 15 is 0 Å². The van der Waals surface area contributed by atoms with Crippen LogP contribution >= 0.6 is 0 Å². The molecule has 1 aliphatic rings. The molecule has 0 aliphatic carbocycles. The Morgan fingerprint density at radius 2 is 1.86 bits per heavy atom. The van der Waals surface area contributed by atoms with Crippen LogP contribution in [0, 0.1) is 5.41 Å². The fourth-order valence-corrected chi connectivity index (χ4v) is 4.02. The molecule has 124 valence electrons. The van der Waals surface area contributed by atoms with E-state index in [1.54, 1.807) is 6.92 Å². The van der Waals surface area contributed by atoms with E-state index in [0.29, 0.717) is 0 Å². The van der Waals surface area contributed by atoms with Crippen LogP contribution in [0.15, 0.2) is 0 Å². The highest BCUT2D eigenvalue weighted by molar-refractivity contribution is 7.89. The largest absolute Gasteiger partial charge is 0.481 e. The number of sulfonamides is 1. The lowest BCUT2D eigenvalue weighted by Gasteiger charge is -2.45. The van der Waals surface area contributed by atoms with Crippen LogP contribution in [0.4, 0.5) is 0 Å². The van der Waals surface area contributed by atoms with E-state index in [4.69, 9.17) is 4.74 Å². The summed E-state index contributed by atoms with van der Waals surface area (Å²) in [6, 6.07) is 0. The molecule has 1 unspecified atom stereocenters. The minimum atomic E-state index is -3.49. The summed E-state index contributed by atoms with van der Waals surface area (Å²) < 4.78 is 30.8. The van der Waals surface area contributed by atoms with Gasteiger partial charge in [0.1, 0.15) is 0 Å². The average molecular weight is 323 g/mol. The molecular formula is C13H25NO6S. The van der Waals surface area contributed by atoms with Crippen LogP contribution in [0.2, 0.25) is 0 Å². The molecule has 1 fully saturated rings. The van der Waals surface area contributed by atoms with E-state index in [1.807, 2.05) is 0 Å². The molecule has 0 saturated carbocycles. The first kappa shape index (κ1) is 18.3. The average Bonchev–Trinajstić information content (AvgIpc) is 2.39. The molecule has 21 heavy (non-hydrogen) atoms. The number of methoxy groups -OCH3 is 1. The fraction of sp³-hybridized carbons (Fsp3) is 0.923. The number of ether oxygens (including phenoxy) is 1. The molecule has 0 amide bonds. The molecule has 1 aliphatic heterocycles. The molecule has 1 heterocycles. The number of nitrogens with zero attached hydrogens (tertiary/aromatic N) is 1. The third-order valence-corrected chi connectivity index (χ3v) is 6.76. The topological polar surface area (TPSA) is 104 Å². The van der Waals surface area contributed by atoms with Gasteiger partial charge in [-0.2, -0.15) is 0 Å². The number of carbonyl (C=O) groups is 1. The Labute approximate surface area is 125 Å². The molecule has 0 aromatic heterocycles. The maximum atomic E-state index is 12.3. The van der Waals surface area contributed by atoms with Gasteiger partial charge >= 0.3 is 5.97 Å². The summed E-state index contributed by atoms with van der Waals surface area (Å²) in [7, 11) is -2.05. The first-order chi connectivity index (χ1) is 9.49. The predicted molar refractivity (Wildman–Crippen MR) is 77.4 cm³/mol. The Balaban J connectivity index is 2.83. The van der Waals surface area contributed by atoms with Crippen LogP contribution < -0.4 is 0 Å². The molecule has 1 rings (SSSR count). The third-order valence-electron chi connectivity index (χ3n) is 4.52. The first-order valence-electron chi connectivity index (χ1n) is 6.93. The second-order valence-electron chi connectivity index (χ2n) is 6.17. The predicted octanol–water partition coefficient (Wildman–Crippen LogP) is 0.289. The number of aliphatic hydroxyl groups is 1. The zero-order chi connectivity index (χ0) is 16.5. The van der Waals surface area contributed by atoms with Crippen molar-refractivity contribution in [1.82, 2.24) is 4.31 Å². The molecule has 0 aromatic carbocycles. The Kier molecular flexibility index (Phi) is 5.41. The Hall–Kier alpha value is -0.700. The number of carboxylic acids is 1. The van der Waals surface area contributed by atoms with E-state index in [9.17, 15) is 23.4 Å². The number of hydrogen-bond donors (Lipinski definition) is 2. The molecule has 1 atom stereocenters. The quantitative estimate of drug-likeness (QED) is 0.728. The second-order valence-corrected chi connectivity index (χ2v) is 8.52. The molecule has 0 radical (unpaired) electrons. The number of rotatable bonds is 6. The van der Waals surface area contributed by atoms with E-state index in [1.165, 1.54) is 25.3 Å². The molecule has 0 spiro atoms. The van der Waals surface area contributed by atoms with Crippen molar-refractivity contribution in [1.29, 1.82) is 0 Å². The SMILES string of the molecule is COCC(C)S(=O)(=O)N1CCC(O)(C(C)(C)C(=O)O)CC1. The Morgan fingerprint density at radius 3 is 2.24 bits per heavy atom. The van der Waals surface area contributed by atoms with Gasteiger partial charge in [-0.1, -0.05) is 0 Å². The van der Waals surface area contributed by atoms with E-state index < -0.39 is 32.3 Å². The van der Waals surface area contributed by atoms with E-state index in [2.05, 4.69) is 0 Å². The zero-order valence-electron chi connectivity index (χ0n) is 13.0. The van der Waals surface area contributed by atoms with Crippen LogP contribution in [-0.4, -0.2) is 66.6 Å². The van der Waals surface area contributed by atoms with Gasteiger partial charge in [0.15, 0.2) is 0 Å². The first-order valence-corrected chi connectivity index (χ1v) is 8.43. The monoisotopic (exact) mass is 323 g/mol. The van der Waals surface area contributed by atoms with Gasteiger partial charge in [0.2, 0.25) is 10.0 Å². The molecular weight excluding hydrogens is 298 g/mol. The van der Waals surface area contributed by atoms with Crippen molar-refractivity contribution in [2.45, 2.75) is 44.5 Å². The summed E-state index contributed by atoms with van der Waals surface area (Å²) in [5.41, 5.74) is -2.73. The zero-order valence-corrected chi connectivity index (χ0v) is 13.8. The molecule has 0 bridgehead atoms. The van der Waals surface area contributed by atoms with Gasteiger partial charge in [-0.15, -0.1) is 0 Å². The standard InChI is InChI=1S/C13H25NO6S/c1-10(9-20-4)21(18,19)14-7-5-13(17,6-8-14)12(2,3)11(15)16/h10,17H,5-9H2,1-4H3,(H,15,16). The number of aliphatic carboxylic acids is 1. The summed E-state index contributed by atoms with van der Waals surface area (Å²) in [5.74, 6) is -1.09.